The molecule has 0 spiro atoms. The van der Waals surface area contributed by atoms with Crippen molar-refractivity contribution in [3.63, 3.8) is 0 Å². The lowest BCUT2D eigenvalue weighted by Crippen LogP contribution is -2.25. The molecule has 7 heteroatoms. The fourth-order valence-electron chi connectivity index (χ4n) is 2.09. The van der Waals surface area contributed by atoms with Gasteiger partial charge in [-0.1, -0.05) is 0 Å². The summed E-state index contributed by atoms with van der Waals surface area (Å²) in [6, 6.07) is 3.42. The van der Waals surface area contributed by atoms with E-state index in [4.69, 9.17) is 8.83 Å². The van der Waals surface area contributed by atoms with E-state index in [-0.39, 0.29) is 11.4 Å². The Kier molecular flexibility index (Phi) is 4.32. The minimum Gasteiger partial charge on any atom is -0.468 e. The quantitative estimate of drug-likeness (QED) is 0.847. The molecule has 2 heterocycles. The number of hydrogen-bond donors (Lipinski definition) is 2. The highest BCUT2D eigenvalue weighted by molar-refractivity contribution is 7.89. The van der Waals surface area contributed by atoms with E-state index >= 15 is 0 Å². The first kappa shape index (κ1) is 14.8. The van der Waals surface area contributed by atoms with Crippen LogP contribution < -0.4 is 10.0 Å². The molecular weight excluding hydrogens is 280 g/mol. The van der Waals surface area contributed by atoms with Crippen molar-refractivity contribution in [3.05, 3.63) is 41.2 Å². The van der Waals surface area contributed by atoms with E-state index < -0.39 is 10.0 Å². The van der Waals surface area contributed by atoms with Crippen LogP contribution in [0, 0.1) is 13.8 Å². The van der Waals surface area contributed by atoms with Crippen LogP contribution in [0.5, 0.6) is 0 Å². The van der Waals surface area contributed by atoms with Crippen molar-refractivity contribution in [2.45, 2.75) is 31.8 Å². The molecule has 0 aliphatic carbocycles. The van der Waals surface area contributed by atoms with E-state index in [1.807, 2.05) is 0 Å². The molecule has 2 aromatic heterocycles. The minimum atomic E-state index is -3.64. The van der Waals surface area contributed by atoms with Gasteiger partial charge in [0.15, 0.2) is 0 Å². The highest BCUT2D eigenvalue weighted by Gasteiger charge is 2.26. The zero-order valence-electron chi connectivity index (χ0n) is 11.7. The van der Waals surface area contributed by atoms with Gasteiger partial charge >= 0.3 is 0 Å². The highest BCUT2D eigenvalue weighted by atomic mass is 32.2. The van der Waals surface area contributed by atoms with Crippen molar-refractivity contribution in [3.8, 4) is 0 Å². The van der Waals surface area contributed by atoms with E-state index in [2.05, 4.69) is 10.0 Å². The minimum absolute atomic E-state index is 0.109. The van der Waals surface area contributed by atoms with Gasteiger partial charge in [0.2, 0.25) is 10.0 Å². The van der Waals surface area contributed by atoms with Crippen molar-refractivity contribution in [2.75, 3.05) is 7.05 Å². The second-order valence-corrected chi connectivity index (χ2v) is 6.16. The Morgan fingerprint density at radius 2 is 1.95 bits per heavy atom. The summed E-state index contributed by atoms with van der Waals surface area (Å²) in [5, 5.41) is 2.95. The summed E-state index contributed by atoms with van der Waals surface area (Å²) in [6.45, 7) is 3.94. The maximum atomic E-state index is 12.4. The predicted molar refractivity (Wildman–Crippen MR) is 73.7 cm³/mol. The molecule has 0 aliphatic heterocycles. The Balaban J connectivity index is 2.29. The topological polar surface area (TPSA) is 84.5 Å². The van der Waals surface area contributed by atoms with E-state index in [9.17, 15) is 8.42 Å². The molecule has 0 radical (unpaired) electrons. The molecule has 0 atom stereocenters. The molecule has 2 rings (SSSR count). The standard InChI is InChI=1S/C13H18N2O4S/c1-9-12(8-14-3)13(10(2)19-9)20(16,17)15-7-11-5-4-6-18-11/h4-6,14-15H,7-8H2,1-3H3. The Morgan fingerprint density at radius 1 is 1.20 bits per heavy atom. The van der Waals surface area contributed by atoms with Crippen molar-refractivity contribution >= 4 is 10.0 Å². The van der Waals surface area contributed by atoms with Crippen LogP contribution >= 0.6 is 0 Å². The highest BCUT2D eigenvalue weighted by Crippen LogP contribution is 2.26. The van der Waals surface area contributed by atoms with Gasteiger partial charge in [0.25, 0.3) is 0 Å². The largest absolute Gasteiger partial charge is 0.468 e. The maximum absolute atomic E-state index is 12.4. The summed E-state index contributed by atoms with van der Waals surface area (Å²) < 4.78 is 37.9. The Bertz CT molecular complexity index is 672. The van der Waals surface area contributed by atoms with E-state index in [1.165, 1.54) is 6.26 Å². The molecule has 0 saturated heterocycles. The molecular formula is C13H18N2O4S. The zero-order valence-corrected chi connectivity index (χ0v) is 12.5. The molecule has 0 fully saturated rings. The molecule has 110 valence electrons. The van der Waals surface area contributed by atoms with Crippen molar-refractivity contribution < 1.29 is 17.3 Å². The molecule has 20 heavy (non-hydrogen) atoms. The summed E-state index contributed by atoms with van der Waals surface area (Å²) in [7, 11) is -1.88. The van der Waals surface area contributed by atoms with Gasteiger partial charge in [-0.3, -0.25) is 0 Å². The molecule has 6 nitrogen and oxygen atoms in total. The molecule has 0 aliphatic rings. The van der Waals surface area contributed by atoms with Gasteiger partial charge in [0, 0.05) is 12.1 Å². The van der Waals surface area contributed by atoms with Crippen LogP contribution in [0.4, 0.5) is 0 Å². The second-order valence-electron chi connectivity index (χ2n) is 4.46. The van der Waals surface area contributed by atoms with Gasteiger partial charge in [0.05, 0.1) is 12.8 Å². The second kappa shape index (κ2) is 5.82. The summed E-state index contributed by atoms with van der Waals surface area (Å²) in [6.07, 6.45) is 1.50. The molecule has 0 bridgehead atoms. The van der Waals surface area contributed by atoms with E-state index in [1.54, 1.807) is 33.0 Å². The summed E-state index contributed by atoms with van der Waals surface area (Å²) in [4.78, 5) is 0.205. The molecule has 0 unspecified atom stereocenters. The zero-order chi connectivity index (χ0) is 14.8. The van der Waals surface area contributed by atoms with Crippen molar-refractivity contribution in [1.29, 1.82) is 0 Å². The fourth-order valence-corrected chi connectivity index (χ4v) is 3.53. The van der Waals surface area contributed by atoms with Gasteiger partial charge in [-0.2, -0.15) is 0 Å². The third kappa shape index (κ3) is 2.95. The van der Waals surface area contributed by atoms with Crippen molar-refractivity contribution in [1.82, 2.24) is 10.0 Å². The number of hydrogen-bond acceptors (Lipinski definition) is 5. The SMILES string of the molecule is CNCc1c(C)oc(C)c1S(=O)(=O)NCc1ccco1. The van der Waals surface area contributed by atoms with E-state index in [0.717, 1.165) is 0 Å². The molecule has 2 aromatic rings. The van der Waals surface area contributed by atoms with Gasteiger partial charge in [-0.15, -0.1) is 0 Å². The third-order valence-electron chi connectivity index (χ3n) is 2.96. The van der Waals surface area contributed by atoms with Crippen LogP contribution in [0.15, 0.2) is 32.1 Å². The Morgan fingerprint density at radius 3 is 2.55 bits per heavy atom. The summed E-state index contributed by atoms with van der Waals surface area (Å²) >= 11 is 0. The average Bonchev–Trinajstić information content (AvgIpc) is 2.97. The lowest BCUT2D eigenvalue weighted by atomic mass is 10.2. The number of nitrogens with one attached hydrogen (secondary N) is 2. The fraction of sp³-hybridized carbons (Fsp3) is 0.385. The molecule has 0 saturated carbocycles. The summed E-state index contributed by atoms with van der Waals surface area (Å²) in [5.74, 6) is 1.55. The van der Waals surface area contributed by atoms with Crippen LogP contribution in [0.3, 0.4) is 0 Å². The Hall–Kier alpha value is -1.57. The van der Waals surface area contributed by atoms with Crippen LogP contribution in [0.25, 0.3) is 0 Å². The lowest BCUT2D eigenvalue weighted by molar-refractivity contribution is 0.489. The number of aryl methyl sites for hydroxylation is 2. The monoisotopic (exact) mass is 298 g/mol. The average molecular weight is 298 g/mol. The van der Waals surface area contributed by atoms with Gasteiger partial charge in [-0.05, 0) is 33.0 Å². The first-order valence-electron chi connectivity index (χ1n) is 6.21. The van der Waals surface area contributed by atoms with Crippen LogP contribution in [0.2, 0.25) is 0 Å². The molecule has 0 aromatic carbocycles. The lowest BCUT2D eigenvalue weighted by Gasteiger charge is -2.07. The van der Waals surface area contributed by atoms with Crippen molar-refractivity contribution in [2.24, 2.45) is 0 Å². The first-order valence-corrected chi connectivity index (χ1v) is 7.69. The maximum Gasteiger partial charge on any atom is 0.244 e. The van der Waals surface area contributed by atoms with Crippen LogP contribution in [-0.2, 0) is 23.1 Å². The van der Waals surface area contributed by atoms with Crippen LogP contribution in [0.1, 0.15) is 22.8 Å². The smallest absolute Gasteiger partial charge is 0.244 e. The number of furan rings is 2. The van der Waals surface area contributed by atoms with Gasteiger partial charge in [0.1, 0.15) is 22.2 Å². The normalized spacial score (nSPS) is 11.9. The number of rotatable bonds is 6. The first-order chi connectivity index (χ1) is 9.45. The van der Waals surface area contributed by atoms with Gasteiger partial charge in [-0.25, -0.2) is 13.1 Å². The van der Waals surface area contributed by atoms with Crippen LogP contribution in [-0.4, -0.2) is 15.5 Å². The Labute approximate surface area is 118 Å². The summed E-state index contributed by atoms with van der Waals surface area (Å²) in [5.41, 5.74) is 0.650. The third-order valence-corrected chi connectivity index (χ3v) is 4.56. The van der Waals surface area contributed by atoms with Gasteiger partial charge < -0.3 is 14.2 Å². The van der Waals surface area contributed by atoms with E-state index in [0.29, 0.717) is 29.4 Å². The predicted octanol–water partition coefficient (Wildman–Crippen LogP) is 1.69. The number of sulfonamides is 1. The molecule has 2 N–H and O–H groups in total. The molecule has 0 amide bonds.